The lowest BCUT2D eigenvalue weighted by Gasteiger charge is -2.37. The molecule has 0 aliphatic carbocycles. The molecule has 1 aliphatic rings. The van der Waals surface area contributed by atoms with Gasteiger partial charge in [-0.2, -0.15) is 0 Å². The second-order valence-corrected chi connectivity index (χ2v) is 6.80. The third kappa shape index (κ3) is 5.33. The van der Waals surface area contributed by atoms with Gasteiger partial charge in [-0.25, -0.2) is 0 Å². The Morgan fingerprint density at radius 3 is 2.46 bits per heavy atom. The number of hydrogen-bond acceptors (Lipinski definition) is 4. The van der Waals surface area contributed by atoms with Gasteiger partial charge in [-0.15, -0.1) is 0 Å². The molecule has 3 rings (SSSR count). The van der Waals surface area contributed by atoms with E-state index in [1.807, 2.05) is 60.4 Å². The highest BCUT2D eigenvalue weighted by molar-refractivity contribution is 7.80. The van der Waals surface area contributed by atoms with Crippen molar-refractivity contribution < 1.29 is 9.53 Å². The van der Waals surface area contributed by atoms with E-state index in [2.05, 4.69) is 16.3 Å². The molecule has 6 heteroatoms. The van der Waals surface area contributed by atoms with E-state index < -0.39 is 0 Å². The van der Waals surface area contributed by atoms with Gasteiger partial charge < -0.3 is 14.5 Å². The Hall–Kier alpha value is -2.86. The van der Waals surface area contributed by atoms with Crippen LogP contribution in [0.4, 0.5) is 5.69 Å². The molecule has 5 nitrogen and oxygen atoms in total. The molecule has 0 radical (unpaired) electrons. The molecule has 0 atom stereocenters. The molecule has 1 amide bonds. The number of carbonyl (C=O) groups excluding carboxylic acids is 1. The number of nitrogens with zero attached hydrogens (tertiary/aromatic N) is 2. The van der Waals surface area contributed by atoms with Crippen LogP contribution in [-0.4, -0.2) is 48.7 Å². The fraction of sp³-hybridized carbons (Fsp3) is 0.273. The third-order valence-corrected chi connectivity index (χ3v) is 4.89. The molecule has 0 unspecified atom stereocenters. The number of benzene rings is 2. The van der Waals surface area contributed by atoms with Gasteiger partial charge in [-0.3, -0.25) is 10.1 Å². The topological polar surface area (TPSA) is 44.8 Å². The molecule has 1 fully saturated rings. The van der Waals surface area contributed by atoms with Crippen molar-refractivity contribution in [2.75, 3.05) is 37.7 Å². The quantitative estimate of drug-likeness (QED) is 0.622. The Morgan fingerprint density at radius 2 is 1.75 bits per heavy atom. The Bertz CT molecular complexity index is 831. The zero-order valence-electron chi connectivity index (χ0n) is 16.0. The first-order valence-electron chi connectivity index (χ1n) is 9.47. The van der Waals surface area contributed by atoms with Gasteiger partial charge in [0.2, 0.25) is 5.91 Å². The maximum absolute atomic E-state index is 12.1. The molecule has 1 aliphatic heterocycles. The molecule has 1 heterocycles. The van der Waals surface area contributed by atoms with E-state index in [0.717, 1.165) is 43.2 Å². The molecule has 0 bridgehead atoms. The molecular weight excluding hydrogens is 370 g/mol. The fourth-order valence-electron chi connectivity index (χ4n) is 3.11. The van der Waals surface area contributed by atoms with E-state index in [1.165, 1.54) is 6.08 Å². The van der Waals surface area contributed by atoms with Crippen LogP contribution in [0.5, 0.6) is 5.75 Å². The molecule has 28 heavy (non-hydrogen) atoms. The SMILES string of the molecule is CCOc1ccccc1N1CCN(C(=S)NC(=O)C=Cc2ccccc2)CC1. The fourth-order valence-corrected chi connectivity index (χ4v) is 3.39. The van der Waals surface area contributed by atoms with Gasteiger partial charge in [0.05, 0.1) is 12.3 Å². The number of anilines is 1. The Labute approximate surface area is 171 Å². The number of hydrogen-bond donors (Lipinski definition) is 1. The minimum atomic E-state index is -0.210. The van der Waals surface area contributed by atoms with Crippen LogP contribution in [0, 0.1) is 0 Å². The van der Waals surface area contributed by atoms with Crippen molar-refractivity contribution in [2.24, 2.45) is 0 Å². The summed E-state index contributed by atoms with van der Waals surface area (Å²) in [5, 5.41) is 3.27. The average molecular weight is 396 g/mol. The van der Waals surface area contributed by atoms with Crippen LogP contribution in [0.1, 0.15) is 12.5 Å². The summed E-state index contributed by atoms with van der Waals surface area (Å²) in [6.07, 6.45) is 3.29. The number of ether oxygens (including phenoxy) is 1. The molecule has 2 aromatic carbocycles. The zero-order valence-corrected chi connectivity index (χ0v) is 16.8. The van der Waals surface area contributed by atoms with Crippen molar-refractivity contribution in [1.82, 2.24) is 10.2 Å². The molecule has 1 N–H and O–H groups in total. The maximum Gasteiger partial charge on any atom is 0.250 e. The minimum Gasteiger partial charge on any atom is -0.492 e. The number of amides is 1. The van der Waals surface area contributed by atoms with E-state index in [-0.39, 0.29) is 5.91 Å². The van der Waals surface area contributed by atoms with Crippen LogP contribution in [0.25, 0.3) is 6.08 Å². The number of rotatable bonds is 5. The number of para-hydroxylation sites is 2. The third-order valence-electron chi connectivity index (χ3n) is 4.53. The first-order chi connectivity index (χ1) is 13.7. The van der Waals surface area contributed by atoms with Crippen molar-refractivity contribution in [3.05, 3.63) is 66.2 Å². The summed E-state index contributed by atoms with van der Waals surface area (Å²) >= 11 is 5.42. The van der Waals surface area contributed by atoms with E-state index in [1.54, 1.807) is 6.08 Å². The lowest BCUT2D eigenvalue weighted by atomic mass is 10.2. The van der Waals surface area contributed by atoms with Gasteiger partial charge >= 0.3 is 0 Å². The highest BCUT2D eigenvalue weighted by Crippen LogP contribution is 2.28. The van der Waals surface area contributed by atoms with Gasteiger partial charge in [0.25, 0.3) is 0 Å². The van der Waals surface area contributed by atoms with Gasteiger partial charge in [0.15, 0.2) is 5.11 Å². The number of nitrogens with one attached hydrogen (secondary N) is 1. The Morgan fingerprint density at radius 1 is 1.07 bits per heavy atom. The van der Waals surface area contributed by atoms with Crippen LogP contribution in [0.2, 0.25) is 0 Å². The summed E-state index contributed by atoms with van der Waals surface area (Å²) in [7, 11) is 0. The number of piperazine rings is 1. The van der Waals surface area contributed by atoms with E-state index >= 15 is 0 Å². The molecule has 0 spiro atoms. The van der Waals surface area contributed by atoms with Gasteiger partial charge in [0, 0.05) is 32.3 Å². The largest absolute Gasteiger partial charge is 0.492 e. The van der Waals surface area contributed by atoms with E-state index in [9.17, 15) is 4.79 Å². The predicted molar refractivity (Wildman–Crippen MR) is 118 cm³/mol. The summed E-state index contributed by atoms with van der Waals surface area (Å²) in [6.45, 7) is 5.77. The monoisotopic (exact) mass is 395 g/mol. The number of carbonyl (C=O) groups is 1. The second-order valence-electron chi connectivity index (χ2n) is 6.41. The van der Waals surface area contributed by atoms with E-state index in [4.69, 9.17) is 17.0 Å². The summed E-state index contributed by atoms with van der Waals surface area (Å²) in [4.78, 5) is 16.5. The van der Waals surface area contributed by atoms with Crippen LogP contribution in [-0.2, 0) is 4.79 Å². The smallest absolute Gasteiger partial charge is 0.250 e. The zero-order chi connectivity index (χ0) is 19.8. The first-order valence-corrected chi connectivity index (χ1v) is 9.88. The highest BCUT2D eigenvalue weighted by atomic mass is 32.1. The van der Waals surface area contributed by atoms with Crippen molar-refractivity contribution in [1.29, 1.82) is 0 Å². The van der Waals surface area contributed by atoms with Gasteiger partial charge in [0.1, 0.15) is 5.75 Å². The summed E-state index contributed by atoms with van der Waals surface area (Å²) in [5.41, 5.74) is 2.08. The predicted octanol–water partition coefficient (Wildman–Crippen LogP) is 3.32. The lowest BCUT2D eigenvalue weighted by molar-refractivity contribution is -0.115. The molecule has 1 saturated heterocycles. The van der Waals surface area contributed by atoms with Crippen LogP contribution in [0.3, 0.4) is 0 Å². The first kappa shape index (κ1) is 19.9. The van der Waals surface area contributed by atoms with Gasteiger partial charge in [-0.05, 0) is 42.9 Å². The van der Waals surface area contributed by atoms with Crippen molar-refractivity contribution in [2.45, 2.75) is 6.92 Å². The highest BCUT2D eigenvalue weighted by Gasteiger charge is 2.21. The molecule has 146 valence electrons. The molecule has 2 aromatic rings. The van der Waals surface area contributed by atoms with Crippen molar-refractivity contribution in [3.63, 3.8) is 0 Å². The minimum absolute atomic E-state index is 0.210. The second kappa shape index (κ2) is 9.90. The summed E-state index contributed by atoms with van der Waals surface area (Å²) in [6, 6.07) is 17.8. The molecule has 0 aromatic heterocycles. The lowest BCUT2D eigenvalue weighted by Crippen LogP contribution is -2.52. The van der Waals surface area contributed by atoms with Gasteiger partial charge in [-0.1, -0.05) is 42.5 Å². The van der Waals surface area contributed by atoms with Crippen LogP contribution < -0.4 is 15.0 Å². The molecular formula is C22H25N3O2S. The summed E-state index contributed by atoms with van der Waals surface area (Å²) < 4.78 is 5.73. The number of thiocarbonyl (C=S) groups is 1. The normalized spacial score (nSPS) is 14.2. The Balaban J connectivity index is 1.51. The van der Waals surface area contributed by atoms with Crippen LogP contribution in [0.15, 0.2) is 60.7 Å². The van der Waals surface area contributed by atoms with E-state index in [0.29, 0.717) is 11.7 Å². The standard InChI is InChI=1S/C22H25N3O2S/c1-2-27-20-11-7-6-10-19(20)24-14-16-25(17-15-24)22(28)23-21(26)13-12-18-8-4-3-5-9-18/h3-13H,2,14-17H2,1H3,(H,23,26,28). The average Bonchev–Trinajstić information content (AvgIpc) is 2.74. The summed E-state index contributed by atoms with van der Waals surface area (Å²) in [5.74, 6) is 0.693. The molecule has 0 saturated carbocycles. The van der Waals surface area contributed by atoms with Crippen LogP contribution >= 0.6 is 12.2 Å². The maximum atomic E-state index is 12.1. The van der Waals surface area contributed by atoms with Crippen molar-refractivity contribution in [3.8, 4) is 5.75 Å². The van der Waals surface area contributed by atoms with Crippen molar-refractivity contribution >= 4 is 35.0 Å². The Kier molecular flexibility index (Phi) is 7.03.